The van der Waals surface area contributed by atoms with Crippen LogP contribution in [0.25, 0.3) is 11.1 Å². The maximum Gasteiger partial charge on any atom is 0.416 e. The Hall–Kier alpha value is -3.98. The molecule has 5 rings (SSSR count). The molecular formula is C35H37F3N2O4. The highest BCUT2D eigenvalue weighted by Crippen LogP contribution is 2.43. The van der Waals surface area contributed by atoms with Crippen molar-refractivity contribution in [3.05, 3.63) is 95.1 Å². The van der Waals surface area contributed by atoms with Crippen molar-refractivity contribution in [1.29, 1.82) is 0 Å². The fraction of sp³-hybridized carbons (Fsp3) is 0.400. The zero-order valence-electron chi connectivity index (χ0n) is 24.5. The quantitative estimate of drug-likeness (QED) is 0.263. The third kappa shape index (κ3) is 7.21. The van der Waals surface area contributed by atoms with E-state index in [1.807, 2.05) is 36.4 Å². The van der Waals surface area contributed by atoms with E-state index < -0.39 is 29.0 Å². The lowest BCUT2D eigenvalue weighted by Crippen LogP contribution is -2.32. The van der Waals surface area contributed by atoms with Crippen molar-refractivity contribution < 1.29 is 32.7 Å². The van der Waals surface area contributed by atoms with Gasteiger partial charge in [0.2, 0.25) is 11.8 Å². The number of aliphatic hydroxyl groups is 1. The second-order valence-electron chi connectivity index (χ2n) is 12.2. The Kier molecular flexibility index (Phi) is 9.25. The normalized spacial score (nSPS) is 22.1. The lowest BCUT2D eigenvalue weighted by Gasteiger charge is -2.37. The van der Waals surface area contributed by atoms with E-state index in [1.54, 1.807) is 17.0 Å². The highest BCUT2D eigenvalue weighted by Gasteiger charge is 2.37. The van der Waals surface area contributed by atoms with Gasteiger partial charge in [-0.2, -0.15) is 13.2 Å². The summed E-state index contributed by atoms with van der Waals surface area (Å²) in [6.07, 6.45) is 0.197. The summed E-state index contributed by atoms with van der Waals surface area (Å²) in [6.45, 7) is 1.23. The summed E-state index contributed by atoms with van der Waals surface area (Å²) in [5.74, 6) is -0.313. The Balaban J connectivity index is 1.08. The van der Waals surface area contributed by atoms with Crippen molar-refractivity contribution >= 4 is 17.6 Å². The first kappa shape index (κ1) is 31.4. The summed E-state index contributed by atoms with van der Waals surface area (Å²) < 4.78 is 38.9. The third-order valence-corrected chi connectivity index (χ3v) is 9.24. The molecular weight excluding hydrogens is 569 g/mol. The van der Waals surface area contributed by atoms with E-state index in [1.165, 1.54) is 12.1 Å². The molecule has 0 aromatic heterocycles. The number of carbonyl (C=O) groups excluding carboxylic acids is 3. The molecule has 1 aliphatic heterocycles. The molecule has 6 nitrogen and oxygen atoms in total. The molecule has 3 N–H and O–H groups in total. The minimum absolute atomic E-state index is 0.0227. The van der Waals surface area contributed by atoms with Crippen LogP contribution in [0.1, 0.15) is 83.2 Å². The molecule has 3 aromatic rings. The zero-order chi connectivity index (χ0) is 31.5. The van der Waals surface area contributed by atoms with E-state index in [-0.39, 0.29) is 24.3 Å². The maximum absolute atomic E-state index is 13.0. The Labute approximate surface area is 255 Å². The topological polar surface area (TPSA) is 101 Å². The van der Waals surface area contributed by atoms with Gasteiger partial charge in [-0.25, -0.2) is 0 Å². The van der Waals surface area contributed by atoms with Gasteiger partial charge in [-0.1, -0.05) is 54.6 Å². The van der Waals surface area contributed by atoms with E-state index in [0.717, 1.165) is 54.5 Å². The van der Waals surface area contributed by atoms with Crippen LogP contribution >= 0.6 is 0 Å². The molecule has 2 amide bonds. The second-order valence-corrected chi connectivity index (χ2v) is 12.2. The Morgan fingerprint density at radius 1 is 0.886 bits per heavy atom. The summed E-state index contributed by atoms with van der Waals surface area (Å²) in [4.78, 5) is 38.9. The van der Waals surface area contributed by atoms with Gasteiger partial charge in [0.25, 0.3) is 0 Å². The first-order valence-electron chi connectivity index (χ1n) is 15.1. The van der Waals surface area contributed by atoms with Crippen molar-refractivity contribution in [2.24, 2.45) is 17.6 Å². The maximum atomic E-state index is 13.0. The molecule has 1 aliphatic carbocycles. The highest BCUT2D eigenvalue weighted by molar-refractivity contribution is 6.00. The van der Waals surface area contributed by atoms with Crippen LogP contribution in [0.2, 0.25) is 0 Å². The largest absolute Gasteiger partial charge is 0.416 e. The van der Waals surface area contributed by atoms with E-state index in [9.17, 15) is 32.7 Å². The summed E-state index contributed by atoms with van der Waals surface area (Å²) >= 11 is 0. The molecule has 9 heteroatoms. The first-order valence-corrected chi connectivity index (χ1v) is 15.1. The van der Waals surface area contributed by atoms with Gasteiger partial charge < -0.3 is 15.7 Å². The lowest BCUT2D eigenvalue weighted by atomic mass is 9.72. The summed E-state index contributed by atoms with van der Waals surface area (Å²) in [6, 6.07) is 19.2. The number of primary amides is 1. The molecule has 2 fully saturated rings. The number of hydrogen-bond acceptors (Lipinski definition) is 4. The molecule has 44 heavy (non-hydrogen) atoms. The molecule has 0 radical (unpaired) electrons. The van der Waals surface area contributed by atoms with Gasteiger partial charge in [0.05, 0.1) is 11.2 Å². The van der Waals surface area contributed by atoms with Gasteiger partial charge >= 0.3 is 6.18 Å². The smallest absolute Gasteiger partial charge is 0.385 e. The lowest BCUT2D eigenvalue weighted by molar-refractivity contribution is -0.137. The molecule has 0 spiro atoms. The molecule has 1 saturated carbocycles. The first-order chi connectivity index (χ1) is 20.9. The predicted octanol–water partition coefficient (Wildman–Crippen LogP) is 6.75. The molecule has 1 saturated heterocycles. The van der Waals surface area contributed by atoms with Crippen LogP contribution in [0.5, 0.6) is 0 Å². The van der Waals surface area contributed by atoms with Gasteiger partial charge in [-0.3, -0.25) is 14.4 Å². The van der Waals surface area contributed by atoms with Gasteiger partial charge in [0.15, 0.2) is 5.78 Å². The van der Waals surface area contributed by atoms with Crippen LogP contribution in [-0.4, -0.2) is 40.7 Å². The van der Waals surface area contributed by atoms with Gasteiger partial charge in [-0.15, -0.1) is 0 Å². The molecule has 0 bridgehead atoms. The van der Waals surface area contributed by atoms with E-state index in [2.05, 4.69) is 0 Å². The number of nitrogens with zero attached hydrogens (tertiary/aromatic N) is 1. The molecule has 1 unspecified atom stereocenters. The molecule has 3 aromatic carbocycles. The minimum atomic E-state index is -4.53. The minimum Gasteiger partial charge on any atom is -0.385 e. The molecule has 1 atom stereocenters. The third-order valence-electron chi connectivity index (χ3n) is 9.24. The van der Waals surface area contributed by atoms with Gasteiger partial charge in [0, 0.05) is 37.1 Å². The van der Waals surface area contributed by atoms with Crippen molar-refractivity contribution in [3.8, 4) is 11.1 Å². The summed E-state index contributed by atoms with van der Waals surface area (Å²) in [5.41, 5.74) is 6.64. The SMILES string of the molecule is NC(=O)c1ccccc1-c1ccc(C2(O)CCC(CC3CCN(C(=O)CCC(=O)c4cccc(C(F)(F)F)c4)C3)CC2)cc1. The van der Waals surface area contributed by atoms with Crippen LogP contribution in [0.15, 0.2) is 72.8 Å². The number of Topliss-reactive ketones (excluding diaryl/α,β-unsaturated/α-hetero) is 1. The fourth-order valence-corrected chi connectivity index (χ4v) is 6.70. The number of ketones is 1. The van der Waals surface area contributed by atoms with Crippen molar-refractivity contribution in [2.75, 3.05) is 13.1 Å². The van der Waals surface area contributed by atoms with E-state index in [0.29, 0.717) is 43.3 Å². The zero-order valence-corrected chi connectivity index (χ0v) is 24.5. The summed E-state index contributed by atoms with van der Waals surface area (Å²) in [5, 5.41) is 11.5. The van der Waals surface area contributed by atoms with E-state index in [4.69, 9.17) is 5.73 Å². The number of carbonyl (C=O) groups is 3. The monoisotopic (exact) mass is 606 g/mol. The number of rotatable bonds is 9. The Morgan fingerprint density at radius 2 is 1.59 bits per heavy atom. The van der Waals surface area contributed by atoms with E-state index >= 15 is 0 Å². The molecule has 2 aliphatic rings. The fourth-order valence-electron chi connectivity index (χ4n) is 6.70. The number of nitrogens with two attached hydrogens (primary N) is 1. The average Bonchev–Trinajstić information content (AvgIpc) is 3.49. The van der Waals surface area contributed by atoms with Crippen LogP contribution in [0, 0.1) is 11.8 Å². The molecule has 232 valence electrons. The number of likely N-dealkylation sites (tertiary alicyclic amines) is 1. The highest BCUT2D eigenvalue weighted by atomic mass is 19.4. The number of halogens is 3. The van der Waals surface area contributed by atoms with Gasteiger partial charge in [-0.05, 0) is 85.3 Å². The standard InChI is InChI=1S/C35H37F3N2O4/c36-35(37,38)28-5-3-4-26(21-28)31(41)12-13-32(42)40-19-16-24(22-40)20-23-14-17-34(44,18-15-23)27-10-8-25(9-11-27)29-6-1-2-7-30(29)33(39)43/h1-11,21,23-24,44H,12-20,22H2,(H2,39,43). The number of alkyl halides is 3. The molecule has 1 heterocycles. The second kappa shape index (κ2) is 12.9. The van der Waals surface area contributed by atoms with Crippen molar-refractivity contribution in [1.82, 2.24) is 4.90 Å². The number of amides is 2. The predicted molar refractivity (Wildman–Crippen MR) is 161 cm³/mol. The number of benzene rings is 3. The average molecular weight is 607 g/mol. The van der Waals surface area contributed by atoms with Crippen LogP contribution < -0.4 is 5.73 Å². The Bertz CT molecular complexity index is 1510. The van der Waals surface area contributed by atoms with Crippen molar-refractivity contribution in [3.63, 3.8) is 0 Å². The number of hydrogen-bond donors (Lipinski definition) is 2. The van der Waals surface area contributed by atoms with Crippen LogP contribution in [0.4, 0.5) is 13.2 Å². The summed E-state index contributed by atoms with van der Waals surface area (Å²) in [7, 11) is 0. The van der Waals surface area contributed by atoms with Gasteiger partial charge in [0.1, 0.15) is 0 Å². The Morgan fingerprint density at radius 3 is 2.27 bits per heavy atom. The van der Waals surface area contributed by atoms with Crippen LogP contribution in [-0.2, 0) is 16.6 Å². The van der Waals surface area contributed by atoms with Crippen LogP contribution in [0.3, 0.4) is 0 Å². The van der Waals surface area contributed by atoms with Crippen molar-refractivity contribution in [2.45, 2.75) is 63.1 Å².